The summed E-state index contributed by atoms with van der Waals surface area (Å²) in [6, 6.07) is 2.92. The number of hydrogen-bond donors (Lipinski definition) is 3. The van der Waals surface area contributed by atoms with Gasteiger partial charge in [0.25, 0.3) is 0 Å². The van der Waals surface area contributed by atoms with Crippen LogP contribution in [0.5, 0.6) is 5.75 Å². The first-order chi connectivity index (χ1) is 6.43. The third kappa shape index (κ3) is 1.85. The average Bonchev–Trinajstić information content (AvgIpc) is 2.10. The van der Waals surface area contributed by atoms with Crippen molar-refractivity contribution in [3.8, 4) is 5.75 Å². The zero-order valence-electron chi connectivity index (χ0n) is 7.98. The lowest BCUT2D eigenvalue weighted by Crippen LogP contribution is -2.11. The van der Waals surface area contributed by atoms with E-state index in [1.165, 1.54) is 6.07 Å². The first-order valence-corrected chi connectivity index (χ1v) is 4.14. The van der Waals surface area contributed by atoms with Crippen LogP contribution in [0.3, 0.4) is 0 Å². The molecule has 1 aromatic carbocycles. The number of aliphatic hydroxyl groups excluding tert-OH is 1. The lowest BCUT2D eigenvalue weighted by Gasteiger charge is -2.11. The Morgan fingerprint density at radius 3 is 2.36 bits per heavy atom. The van der Waals surface area contributed by atoms with Gasteiger partial charge in [-0.3, -0.25) is 0 Å². The molecule has 0 bridgehead atoms. The third-order valence-electron chi connectivity index (χ3n) is 2.11. The summed E-state index contributed by atoms with van der Waals surface area (Å²) >= 11 is 0. The minimum Gasteiger partial charge on any atom is -0.508 e. The van der Waals surface area contributed by atoms with Gasteiger partial charge in [-0.25, -0.2) is 4.79 Å². The molecule has 0 aliphatic rings. The molecule has 0 saturated carbocycles. The molecule has 0 spiro atoms. The van der Waals surface area contributed by atoms with Crippen molar-refractivity contribution < 1.29 is 20.1 Å². The largest absolute Gasteiger partial charge is 0.508 e. The second-order valence-corrected chi connectivity index (χ2v) is 3.24. The van der Waals surface area contributed by atoms with Gasteiger partial charge in [-0.2, -0.15) is 0 Å². The Morgan fingerprint density at radius 1 is 1.29 bits per heavy atom. The molecule has 0 saturated heterocycles. The van der Waals surface area contributed by atoms with Gasteiger partial charge in [0.15, 0.2) is 6.10 Å². The highest BCUT2D eigenvalue weighted by Crippen LogP contribution is 2.26. The first-order valence-electron chi connectivity index (χ1n) is 4.14. The highest BCUT2D eigenvalue weighted by molar-refractivity contribution is 5.75. The molecular weight excluding hydrogens is 184 g/mol. The van der Waals surface area contributed by atoms with Crippen molar-refractivity contribution in [2.75, 3.05) is 0 Å². The van der Waals surface area contributed by atoms with Crippen molar-refractivity contribution in [2.45, 2.75) is 20.0 Å². The van der Waals surface area contributed by atoms with Crippen LogP contribution in [0.4, 0.5) is 0 Å². The second kappa shape index (κ2) is 3.67. The van der Waals surface area contributed by atoms with E-state index in [9.17, 15) is 15.0 Å². The molecule has 1 atom stereocenters. The molecule has 0 radical (unpaired) electrons. The number of aliphatic carboxylic acids is 1. The molecule has 1 unspecified atom stereocenters. The van der Waals surface area contributed by atoms with Crippen molar-refractivity contribution in [3.63, 3.8) is 0 Å². The Bertz CT molecular complexity index is 371. The summed E-state index contributed by atoms with van der Waals surface area (Å²) in [7, 11) is 0. The highest BCUT2D eigenvalue weighted by atomic mass is 16.4. The molecule has 0 heterocycles. The molecule has 4 heteroatoms. The number of aryl methyl sites for hydroxylation is 2. The molecule has 0 aliphatic carbocycles. The fourth-order valence-corrected chi connectivity index (χ4v) is 1.28. The van der Waals surface area contributed by atoms with Gasteiger partial charge in [0, 0.05) is 0 Å². The average molecular weight is 196 g/mol. The van der Waals surface area contributed by atoms with Gasteiger partial charge in [-0.05, 0) is 36.6 Å². The second-order valence-electron chi connectivity index (χ2n) is 3.24. The van der Waals surface area contributed by atoms with E-state index in [1.54, 1.807) is 19.9 Å². The summed E-state index contributed by atoms with van der Waals surface area (Å²) < 4.78 is 0. The van der Waals surface area contributed by atoms with E-state index in [-0.39, 0.29) is 11.3 Å². The summed E-state index contributed by atoms with van der Waals surface area (Å²) in [5.74, 6) is -1.33. The van der Waals surface area contributed by atoms with E-state index in [2.05, 4.69) is 0 Å². The Balaban J connectivity index is 3.22. The van der Waals surface area contributed by atoms with Crippen molar-refractivity contribution in [1.82, 2.24) is 0 Å². The Morgan fingerprint density at radius 2 is 1.86 bits per heavy atom. The number of rotatable bonds is 2. The number of carboxylic acids is 1. The van der Waals surface area contributed by atoms with Crippen LogP contribution in [0.1, 0.15) is 22.8 Å². The summed E-state index contributed by atoms with van der Waals surface area (Å²) in [4.78, 5) is 10.5. The molecule has 0 fully saturated rings. The van der Waals surface area contributed by atoms with Gasteiger partial charge in [-0.1, -0.05) is 6.07 Å². The molecule has 3 N–H and O–H groups in total. The predicted octanol–water partition coefficient (Wildman–Crippen LogP) is 1.13. The van der Waals surface area contributed by atoms with Crippen LogP contribution in [0, 0.1) is 13.8 Å². The normalized spacial score (nSPS) is 12.5. The van der Waals surface area contributed by atoms with Crippen LogP contribution in [0.25, 0.3) is 0 Å². The third-order valence-corrected chi connectivity index (χ3v) is 2.11. The van der Waals surface area contributed by atoms with Crippen LogP contribution < -0.4 is 0 Å². The van der Waals surface area contributed by atoms with Crippen LogP contribution in [0.15, 0.2) is 12.1 Å². The van der Waals surface area contributed by atoms with Gasteiger partial charge in [0.2, 0.25) is 0 Å². The van der Waals surface area contributed by atoms with Crippen molar-refractivity contribution in [3.05, 3.63) is 28.8 Å². The SMILES string of the molecule is Cc1cc(C)c(C(O)C(=O)O)cc1O. The van der Waals surface area contributed by atoms with E-state index in [0.29, 0.717) is 11.1 Å². The lowest BCUT2D eigenvalue weighted by atomic mass is 10.0. The van der Waals surface area contributed by atoms with E-state index in [1.807, 2.05) is 0 Å². The zero-order chi connectivity index (χ0) is 10.9. The number of phenolic OH excluding ortho intramolecular Hbond substituents is 1. The monoisotopic (exact) mass is 196 g/mol. The Labute approximate surface area is 81.4 Å². The van der Waals surface area contributed by atoms with Crippen molar-refractivity contribution in [1.29, 1.82) is 0 Å². The lowest BCUT2D eigenvalue weighted by molar-refractivity contribution is -0.147. The van der Waals surface area contributed by atoms with Crippen LogP contribution in [0.2, 0.25) is 0 Å². The Hall–Kier alpha value is -1.55. The number of phenols is 1. The number of aliphatic hydroxyl groups is 1. The number of aromatic hydroxyl groups is 1. The minimum absolute atomic E-state index is 0.00843. The maximum Gasteiger partial charge on any atom is 0.337 e. The summed E-state index contributed by atoms with van der Waals surface area (Å²) in [6.07, 6.45) is -1.58. The smallest absolute Gasteiger partial charge is 0.337 e. The molecule has 76 valence electrons. The van der Waals surface area contributed by atoms with Gasteiger partial charge in [0.05, 0.1) is 0 Å². The molecule has 0 aromatic heterocycles. The van der Waals surface area contributed by atoms with Crippen LogP contribution in [-0.4, -0.2) is 21.3 Å². The molecule has 0 amide bonds. The number of benzene rings is 1. The fourth-order valence-electron chi connectivity index (χ4n) is 1.28. The molecule has 1 rings (SSSR count). The number of carboxylic acid groups (broad SMARTS) is 1. The Kier molecular flexibility index (Phi) is 2.76. The molecule has 1 aromatic rings. The van der Waals surface area contributed by atoms with Crippen LogP contribution in [-0.2, 0) is 4.79 Å². The number of carbonyl (C=O) groups is 1. The quantitative estimate of drug-likeness (QED) is 0.662. The van der Waals surface area contributed by atoms with E-state index < -0.39 is 12.1 Å². The topological polar surface area (TPSA) is 77.8 Å². The highest BCUT2D eigenvalue weighted by Gasteiger charge is 2.19. The summed E-state index contributed by atoms with van der Waals surface area (Å²) in [5, 5.41) is 27.2. The number of hydrogen-bond acceptors (Lipinski definition) is 3. The predicted molar refractivity (Wildman–Crippen MR) is 50.2 cm³/mol. The first kappa shape index (κ1) is 10.5. The van der Waals surface area contributed by atoms with Crippen LogP contribution >= 0.6 is 0 Å². The van der Waals surface area contributed by atoms with Gasteiger partial charge in [0.1, 0.15) is 5.75 Å². The molecular formula is C10H12O4. The fraction of sp³-hybridized carbons (Fsp3) is 0.300. The zero-order valence-corrected chi connectivity index (χ0v) is 7.98. The van der Waals surface area contributed by atoms with Gasteiger partial charge < -0.3 is 15.3 Å². The standard InChI is InChI=1S/C10H12O4/c1-5-3-6(2)8(11)4-7(5)9(12)10(13)14/h3-4,9,11-12H,1-2H3,(H,13,14). The van der Waals surface area contributed by atoms with Crippen molar-refractivity contribution >= 4 is 5.97 Å². The van der Waals surface area contributed by atoms with Crippen molar-refractivity contribution in [2.24, 2.45) is 0 Å². The minimum atomic E-state index is -1.58. The molecule has 4 nitrogen and oxygen atoms in total. The van der Waals surface area contributed by atoms with Gasteiger partial charge in [-0.15, -0.1) is 0 Å². The summed E-state index contributed by atoms with van der Waals surface area (Å²) in [6.45, 7) is 3.40. The van der Waals surface area contributed by atoms with E-state index in [0.717, 1.165) is 0 Å². The summed E-state index contributed by atoms with van der Waals surface area (Å²) in [5.41, 5.74) is 1.53. The van der Waals surface area contributed by atoms with E-state index in [4.69, 9.17) is 5.11 Å². The van der Waals surface area contributed by atoms with E-state index >= 15 is 0 Å². The maximum absolute atomic E-state index is 10.5. The maximum atomic E-state index is 10.5. The van der Waals surface area contributed by atoms with Gasteiger partial charge >= 0.3 is 5.97 Å². The molecule has 0 aliphatic heterocycles. The molecule has 14 heavy (non-hydrogen) atoms.